The van der Waals surface area contributed by atoms with Crippen LogP contribution in [-0.2, 0) is 10.2 Å². The van der Waals surface area contributed by atoms with E-state index in [1.54, 1.807) is 37.4 Å². The standard InChI is InChI=1S/C24H25FN4O4/c1-14-8-29(23(32)33-14)16-3-4-18(21(25)6-16)15-2-5-22(27-7-15)24(13-26)19-9-28(10-20(19)24)17(11-30)12-31/h2-7,14,17,19-20,30-31H,8-12H2,1H3/t14-,19-,20+,24?/m0/s1. The summed E-state index contributed by atoms with van der Waals surface area (Å²) >= 11 is 0. The molecule has 3 fully saturated rings. The normalized spacial score (nSPS) is 28.7. The van der Waals surface area contributed by atoms with Crippen LogP contribution in [0.3, 0.4) is 0 Å². The number of ether oxygens (including phenoxy) is 1. The molecule has 2 N–H and O–H groups in total. The number of aliphatic hydroxyl groups excluding tert-OH is 2. The number of likely N-dealkylation sites (tertiary alicyclic amines) is 1. The van der Waals surface area contributed by atoms with Crippen LogP contribution in [-0.4, -0.2) is 71.2 Å². The number of fused-ring (bicyclic) bond motifs is 1. The van der Waals surface area contributed by atoms with Gasteiger partial charge in [0.25, 0.3) is 0 Å². The third-order valence-corrected chi connectivity index (χ3v) is 7.26. The number of nitrogens with zero attached hydrogens (tertiary/aromatic N) is 4. The smallest absolute Gasteiger partial charge is 0.414 e. The molecule has 0 spiro atoms. The zero-order chi connectivity index (χ0) is 23.3. The number of pyridine rings is 1. The number of hydrogen-bond acceptors (Lipinski definition) is 7. The molecule has 1 aromatic heterocycles. The van der Waals surface area contributed by atoms with Gasteiger partial charge >= 0.3 is 6.09 Å². The molecule has 9 heteroatoms. The SMILES string of the molecule is C[C@H]1CN(c2ccc(-c3ccc(C4(C#N)[C@@H]5CN(C(CO)CO)C[C@@H]54)nc3)c(F)c2)C(=O)O1. The summed E-state index contributed by atoms with van der Waals surface area (Å²) in [6.45, 7) is 3.17. The van der Waals surface area contributed by atoms with Crippen LogP contribution in [0.15, 0.2) is 36.5 Å². The fourth-order valence-electron chi connectivity index (χ4n) is 5.37. The molecule has 1 aromatic carbocycles. The number of carbonyl (C=O) groups is 1. The maximum Gasteiger partial charge on any atom is 0.414 e. The average Bonchev–Trinajstić information content (AvgIpc) is 3.07. The fourth-order valence-corrected chi connectivity index (χ4v) is 5.37. The van der Waals surface area contributed by atoms with Gasteiger partial charge in [0.05, 0.1) is 43.3 Å². The first-order valence-corrected chi connectivity index (χ1v) is 11.0. The fraction of sp³-hybridized carbons (Fsp3) is 0.458. The van der Waals surface area contributed by atoms with Crippen molar-refractivity contribution in [2.24, 2.45) is 11.8 Å². The lowest BCUT2D eigenvalue weighted by Crippen LogP contribution is -2.42. The number of carbonyl (C=O) groups excluding carboxylic acids is 1. The molecule has 8 nitrogen and oxygen atoms in total. The van der Waals surface area contributed by atoms with Gasteiger partial charge in [0.1, 0.15) is 17.3 Å². The second-order valence-corrected chi connectivity index (χ2v) is 9.07. The number of hydrogen-bond donors (Lipinski definition) is 2. The Balaban J connectivity index is 1.34. The minimum atomic E-state index is -0.681. The van der Waals surface area contributed by atoms with Gasteiger partial charge < -0.3 is 14.9 Å². The molecule has 1 aliphatic carbocycles. The number of nitriles is 1. The van der Waals surface area contributed by atoms with Crippen LogP contribution in [0.1, 0.15) is 12.6 Å². The van der Waals surface area contributed by atoms with Crippen molar-refractivity contribution in [1.82, 2.24) is 9.88 Å². The largest absolute Gasteiger partial charge is 0.444 e. The molecule has 0 bridgehead atoms. The molecule has 2 aliphatic heterocycles. The molecule has 0 radical (unpaired) electrons. The van der Waals surface area contributed by atoms with Gasteiger partial charge in [-0.1, -0.05) is 6.07 Å². The number of rotatable bonds is 6. The van der Waals surface area contributed by atoms with Crippen molar-refractivity contribution in [3.63, 3.8) is 0 Å². The van der Waals surface area contributed by atoms with Crippen molar-refractivity contribution in [3.05, 3.63) is 48.0 Å². The summed E-state index contributed by atoms with van der Waals surface area (Å²) in [7, 11) is 0. The van der Waals surface area contributed by atoms with Crippen molar-refractivity contribution in [2.45, 2.75) is 24.5 Å². The highest BCUT2D eigenvalue weighted by molar-refractivity contribution is 5.90. The number of piperidine rings is 1. The quantitative estimate of drug-likeness (QED) is 0.689. The molecule has 1 saturated carbocycles. The molecular weight excluding hydrogens is 427 g/mol. The molecule has 33 heavy (non-hydrogen) atoms. The van der Waals surface area contributed by atoms with Crippen LogP contribution in [0.4, 0.5) is 14.9 Å². The maximum atomic E-state index is 14.9. The number of aliphatic hydroxyl groups is 2. The zero-order valence-electron chi connectivity index (χ0n) is 18.2. The van der Waals surface area contributed by atoms with Gasteiger partial charge in [-0.15, -0.1) is 0 Å². The number of halogens is 1. The number of cyclic esters (lactones) is 1. The van der Waals surface area contributed by atoms with Gasteiger partial charge in [-0.2, -0.15) is 5.26 Å². The number of benzene rings is 1. The second kappa shape index (κ2) is 8.06. The minimum absolute atomic E-state index is 0.0973. The van der Waals surface area contributed by atoms with Gasteiger partial charge in [0, 0.05) is 42.2 Å². The third-order valence-electron chi connectivity index (χ3n) is 7.26. The van der Waals surface area contributed by atoms with Gasteiger partial charge in [-0.25, -0.2) is 9.18 Å². The van der Waals surface area contributed by atoms with E-state index in [4.69, 9.17) is 4.74 Å². The summed E-state index contributed by atoms with van der Waals surface area (Å²) in [5.74, 6) is -0.275. The average molecular weight is 452 g/mol. The van der Waals surface area contributed by atoms with E-state index in [9.17, 15) is 24.7 Å². The van der Waals surface area contributed by atoms with Crippen molar-refractivity contribution in [2.75, 3.05) is 37.7 Å². The Morgan fingerprint density at radius 2 is 1.97 bits per heavy atom. The summed E-state index contributed by atoms with van der Waals surface area (Å²) in [5, 5.41) is 28.8. The number of anilines is 1. The molecule has 4 atom stereocenters. The highest BCUT2D eigenvalue weighted by Gasteiger charge is 2.71. The predicted octanol–water partition coefficient (Wildman–Crippen LogP) is 1.91. The van der Waals surface area contributed by atoms with Crippen LogP contribution < -0.4 is 4.90 Å². The Kier molecular flexibility index (Phi) is 5.32. The van der Waals surface area contributed by atoms with E-state index in [-0.39, 0.29) is 37.2 Å². The van der Waals surface area contributed by atoms with Gasteiger partial charge in [-0.3, -0.25) is 14.8 Å². The molecule has 5 rings (SSSR count). The van der Waals surface area contributed by atoms with Crippen LogP contribution in [0.5, 0.6) is 0 Å². The van der Waals surface area contributed by atoms with Crippen molar-refractivity contribution in [3.8, 4) is 17.2 Å². The van der Waals surface area contributed by atoms with E-state index in [1.807, 2.05) is 4.90 Å². The summed E-state index contributed by atoms with van der Waals surface area (Å²) < 4.78 is 20.0. The monoisotopic (exact) mass is 452 g/mol. The summed E-state index contributed by atoms with van der Waals surface area (Å²) in [6, 6.07) is 10.3. The molecule has 1 unspecified atom stereocenters. The Labute approximate surface area is 190 Å². The highest BCUT2D eigenvalue weighted by Crippen LogP contribution is 2.63. The van der Waals surface area contributed by atoms with E-state index in [1.165, 1.54) is 11.0 Å². The molecule has 3 heterocycles. The third kappa shape index (κ3) is 3.37. The van der Waals surface area contributed by atoms with E-state index in [0.717, 1.165) is 0 Å². The Hall–Kier alpha value is -3.06. The van der Waals surface area contributed by atoms with Crippen LogP contribution in [0.25, 0.3) is 11.1 Å². The Morgan fingerprint density at radius 3 is 2.48 bits per heavy atom. The molecular formula is C24H25FN4O4. The second-order valence-electron chi connectivity index (χ2n) is 9.07. The molecule has 1 amide bonds. The van der Waals surface area contributed by atoms with E-state index in [2.05, 4.69) is 11.1 Å². The first-order chi connectivity index (χ1) is 15.9. The summed E-state index contributed by atoms with van der Waals surface area (Å²) in [6.07, 6.45) is 0.853. The summed E-state index contributed by atoms with van der Waals surface area (Å²) in [5.41, 5.74) is 1.37. The lowest BCUT2D eigenvalue weighted by atomic mass is 9.95. The van der Waals surface area contributed by atoms with Crippen LogP contribution >= 0.6 is 0 Å². The molecule has 2 saturated heterocycles. The zero-order valence-corrected chi connectivity index (χ0v) is 18.2. The number of aromatic nitrogens is 1. The van der Waals surface area contributed by atoms with Crippen molar-refractivity contribution in [1.29, 1.82) is 5.26 Å². The molecule has 2 aromatic rings. The lowest BCUT2D eigenvalue weighted by Gasteiger charge is -2.28. The van der Waals surface area contributed by atoms with E-state index in [0.29, 0.717) is 42.1 Å². The van der Waals surface area contributed by atoms with Gasteiger partial charge in [0.2, 0.25) is 0 Å². The topological polar surface area (TPSA) is 110 Å². The van der Waals surface area contributed by atoms with Crippen LogP contribution in [0, 0.1) is 29.0 Å². The first-order valence-electron chi connectivity index (χ1n) is 11.0. The highest BCUT2D eigenvalue weighted by atomic mass is 19.1. The Bertz CT molecular complexity index is 1100. The summed E-state index contributed by atoms with van der Waals surface area (Å²) in [4.78, 5) is 19.9. The van der Waals surface area contributed by atoms with Crippen molar-refractivity contribution < 1.29 is 24.1 Å². The number of amides is 1. The maximum absolute atomic E-state index is 14.9. The van der Waals surface area contributed by atoms with E-state index < -0.39 is 17.3 Å². The van der Waals surface area contributed by atoms with Crippen LogP contribution in [0.2, 0.25) is 0 Å². The van der Waals surface area contributed by atoms with E-state index >= 15 is 0 Å². The Morgan fingerprint density at radius 1 is 1.24 bits per heavy atom. The molecule has 172 valence electrons. The first kappa shape index (κ1) is 21.8. The lowest BCUT2D eigenvalue weighted by molar-refractivity contribution is 0.0792. The van der Waals surface area contributed by atoms with Gasteiger partial charge in [-0.05, 0) is 31.2 Å². The molecule has 3 aliphatic rings. The predicted molar refractivity (Wildman–Crippen MR) is 117 cm³/mol. The van der Waals surface area contributed by atoms with Gasteiger partial charge in [0.15, 0.2) is 0 Å². The minimum Gasteiger partial charge on any atom is -0.444 e. The van der Waals surface area contributed by atoms with Crippen molar-refractivity contribution >= 4 is 11.8 Å².